The standard InChI is InChI=1S/C37H51ClFN3O7/c1-24(2)42(26-10-8-15-41(23-26)36(45)49-37(3,4)5)35(44)30-22-33(48-19-9-18-46-6)29(21-31(30)38)28-20-25(11-12-32(28)39)34(43)40-16-13-27(47-7)14-17-40/h11-12,20-22,24,26-27H,8-10,13-19,23H2,1-7H3/t26-/m1/s1. The Morgan fingerprint density at radius 2 is 1.69 bits per heavy atom. The number of carbonyl (C=O) groups excluding carboxylic acids is 3. The number of hydrogen-bond donors (Lipinski definition) is 0. The summed E-state index contributed by atoms with van der Waals surface area (Å²) in [6.45, 7) is 12.0. The third-order valence-electron chi connectivity index (χ3n) is 8.85. The van der Waals surface area contributed by atoms with Gasteiger partial charge in [-0.25, -0.2) is 9.18 Å². The van der Waals surface area contributed by atoms with Gasteiger partial charge < -0.3 is 33.6 Å². The fraction of sp³-hybridized carbons (Fsp3) is 0.595. The van der Waals surface area contributed by atoms with Crippen molar-refractivity contribution in [2.75, 3.05) is 53.6 Å². The van der Waals surface area contributed by atoms with Gasteiger partial charge in [0.25, 0.3) is 11.8 Å². The molecule has 2 saturated heterocycles. The number of likely N-dealkylation sites (tertiary alicyclic amines) is 2. The SMILES string of the molecule is COCCCOc1cc(C(=O)N(C(C)C)[C@@H]2CCCN(C(=O)OC(C)(C)C)C2)c(Cl)cc1-c1cc(C(=O)N2CCC(OC)CC2)ccc1F. The van der Waals surface area contributed by atoms with Crippen LogP contribution in [0.3, 0.4) is 0 Å². The second kappa shape index (κ2) is 17.0. The number of ether oxygens (including phenoxy) is 4. The molecule has 0 aliphatic carbocycles. The molecule has 0 unspecified atom stereocenters. The van der Waals surface area contributed by atoms with Crippen molar-refractivity contribution in [3.8, 4) is 16.9 Å². The summed E-state index contributed by atoms with van der Waals surface area (Å²) in [7, 11) is 3.26. The van der Waals surface area contributed by atoms with Crippen LogP contribution in [-0.4, -0.2) is 110 Å². The Balaban J connectivity index is 1.67. The number of benzene rings is 2. The van der Waals surface area contributed by atoms with Gasteiger partial charge in [0.15, 0.2) is 0 Å². The van der Waals surface area contributed by atoms with E-state index in [0.29, 0.717) is 63.2 Å². The summed E-state index contributed by atoms with van der Waals surface area (Å²) >= 11 is 6.86. The van der Waals surface area contributed by atoms with Gasteiger partial charge in [-0.15, -0.1) is 0 Å². The topological polar surface area (TPSA) is 97.8 Å². The first-order valence-corrected chi connectivity index (χ1v) is 17.5. The Labute approximate surface area is 294 Å². The van der Waals surface area contributed by atoms with Gasteiger partial charge in [-0.3, -0.25) is 9.59 Å². The van der Waals surface area contributed by atoms with Gasteiger partial charge in [0.2, 0.25) is 0 Å². The van der Waals surface area contributed by atoms with Gasteiger partial charge in [0, 0.05) is 76.2 Å². The number of halogens is 2. The predicted molar refractivity (Wildman–Crippen MR) is 187 cm³/mol. The maximum Gasteiger partial charge on any atom is 0.410 e. The third-order valence-corrected chi connectivity index (χ3v) is 9.16. The van der Waals surface area contributed by atoms with Gasteiger partial charge in [-0.1, -0.05) is 11.6 Å². The zero-order valence-corrected chi connectivity index (χ0v) is 30.6. The summed E-state index contributed by atoms with van der Waals surface area (Å²) in [6.07, 6.45) is 3.13. The zero-order chi connectivity index (χ0) is 35.9. The fourth-order valence-corrected chi connectivity index (χ4v) is 6.65. The number of rotatable bonds is 11. The van der Waals surface area contributed by atoms with Crippen molar-refractivity contribution >= 4 is 29.5 Å². The highest BCUT2D eigenvalue weighted by molar-refractivity contribution is 6.34. The molecule has 2 aromatic carbocycles. The number of amides is 3. The summed E-state index contributed by atoms with van der Waals surface area (Å²) in [4.78, 5) is 45.8. The largest absolute Gasteiger partial charge is 0.493 e. The molecule has 2 aliphatic rings. The molecule has 4 rings (SSSR count). The maximum atomic E-state index is 15.6. The first-order valence-electron chi connectivity index (χ1n) is 17.1. The van der Waals surface area contributed by atoms with Crippen LogP contribution in [0.1, 0.15) is 87.4 Å². The highest BCUT2D eigenvalue weighted by Gasteiger charge is 2.35. The summed E-state index contributed by atoms with van der Waals surface area (Å²) in [5.74, 6) is -0.819. The number of hydrogen-bond acceptors (Lipinski definition) is 7. The molecular formula is C37H51ClFN3O7. The minimum Gasteiger partial charge on any atom is -0.493 e. The van der Waals surface area contributed by atoms with E-state index < -0.39 is 17.5 Å². The van der Waals surface area contributed by atoms with Crippen LogP contribution in [0.25, 0.3) is 11.1 Å². The van der Waals surface area contributed by atoms with Crippen LogP contribution in [0.5, 0.6) is 5.75 Å². The molecule has 49 heavy (non-hydrogen) atoms. The molecule has 0 radical (unpaired) electrons. The Bertz CT molecular complexity index is 1470. The van der Waals surface area contributed by atoms with Crippen LogP contribution in [0.2, 0.25) is 5.02 Å². The molecule has 270 valence electrons. The van der Waals surface area contributed by atoms with Gasteiger partial charge in [-0.05, 0) is 90.6 Å². The van der Waals surface area contributed by atoms with E-state index in [1.54, 1.807) is 35.0 Å². The van der Waals surface area contributed by atoms with E-state index in [9.17, 15) is 14.4 Å². The molecule has 10 nitrogen and oxygen atoms in total. The summed E-state index contributed by atoms with van der Waals surface area (Å²) in [6, 6.07) is 6.86. The first kappa shape index (κ1) is 38.4. The fourth-order valence-electron chi connectivity index (χ4n) is 6.41. The maximum absolute atomic E-state index is 15.6. The molecule has 0 N–H and O–H groups in total. The van der Waals surface area contributed by atoms with Gasteiger partial charge in [0.05, 0.1) is 29.3 Å². The molecule has 2 aliphatic heterocycles. The molecular weight excluding hydrogens is 653 g/mol. The first-order chi connectivity index (χ1) is 23.2. The third kappa shape index (κ3) is 9.86. The smallest absolute Gasteiger partial charge is 0.410 e. The molecule has 2 fully saturated rings. The number of piperidine rings is 2. The van der Waals surface area contributed by atoms with Crippen LogP contribution < -0.4 is 4.74 Å². The molecule has 0 spiro atoms. The Morgan fingerprint density at radius 1 is 0.980 bits per heavy atom. The van der Waals surface area contributed by atoms with E-state index in [2.05, 4.69) is 0 Å². The number of methoxy groups -OCH3 is 2. The quantitative estimate of drug-likeness (QED) is 0.231. The second-order valence-corrected chi connectivity index (χ2v) is 14.4. The Hall–Kier alpha value is -3.41. The molecule has 12 heteroatoms. The molecule has 3 amide bonds. The Morgan fingerprint density at radius 3 is 2.33 bits per heavy atom. The van der Waals surface area contributed by atoms with Crippen LogP contribution >= 0.6 is 11.6 Å². The van der Waals surface area contributed by atoms with Gasteiger partial charge in [0.1, 0.15) is 17.2 Å². The minimum absolute atomic E-state index is 0.114. The van der Waals surface area contributed by atoms with Crippen molar-refractivity contribution in [2.45, 2.75) is 90.5 Å². The summed E-state index contributed by atoms with van der Waals surface area (Å²) in [5.41, 5.74) is 0.367. The highest BCUT2D eigenvalue weighted by Crippen LogP contribution is 2.38. The van der Waals surface area contributed by atoms with E-state index in [4.69, 9.17) is 30.5 Å². The van der Waals surface area contributed by atoms with Crippen LogP contribution in [-0.2, 0) is 14.2 Å². The zero-order valence-electron chi connectivity index (χ0n) is 29.9. The molecule has 0 bridgehead atoms. The van der Waals surface area contributed by atoms with Crippen LogP contribution in [0.15, 0.2) is 30.3 Å². The average molecular weight is 704 g/mol. The second-order valence-electron chi connectivity index (χ2n) is 14.0. The lowest BCUT2D eigenvalue weighted by Gasteiger charge is -2.41. The lowest BCUT2D eigenvalue weighted by Crippen LogP contribution is -2.54. The van der Waals surface area contributed by atoms with Crippen molar-refractivity contribution in [1.82, 2.24) is 14.7 Å². The molecule has 0 saturated carbocycles. The average Bonchev–Trinajstić information content (AvgIpc) is 3.06. The van der Waals surface area contributed by atoms with Crippen molar-refractivity contribution < 1.29 is 37.7 Å². The molecule has 2 heterocycles. The van der Waals surface area contributed by atoms with Crippen molar-refractivity contribution in [2.24, 2.45) is 0 Å². The van der Waals surface area contributed by atoms with E-state index >= 15 is 4.39 Å². The lowest BCUT2D eigenvalue weighted by molar-refractivity contribution is 0.00751. The van der Waals surface area contributed by atoms with Gasteiger partial charge in [-0.2, -0.15) is 0 Å². The van der Waals surface area contributed by atoms with E-state index in [1.165, 1.54) is 24.3 Å². The summed E-state index contributed by atoms with van der Waals surface area (Å²) < 4.78 is 38.0. The van der Waals surface area contributed by atoms with Crippen molar-refractivity contribution in [3.63, 3.8) is 0 Å². The monoisotopic (exact) mass is 703 g/mol. The lowest BCUT2D eigenvalue weighted by atomic mass is 9.97. The minimum atomic E-state index is -0.639. The van der Waals surface area contributed by atoms with E-state index in [0.717, 1.165) is 12.8 Å². The molecule has 0 aromatic heterocycles. The normalized spacial score (nSPS) is 17.3. The van der Waals surface area contributed by atoms with Crippen LogP contribution in [0.4, 0.5) is 9.18 Å². The highest BCUT2D eigenvalue weighted by atomic mass is 35.5. The molecule has 1 atom stereocenters. The van der Waals surface area contributed by atoms with Gasteiger partial charge >= 0.3 is 6.09 Å². The Kier molecular flexibility index (Phi) is 13.3. The molecule has 2 aromatic rings. The number of carbonyl (C=O) groups is 3. The van der Waals surface area contributed by atoms with Crippen molar-refractivity contribution in [1.29, 1.82) is 0 Å². The van der Waals surface area contributed by atoms with Crippen molar-refractivity contribution in [3.05, 3.63) is 52.3 Å². The summed E-state index contributed by atoms with van der Waals surface area (Å²) in [5, 5.41) is 0.118. The van der Waals surface area contributed by atoms with E-state index in [1.807, 2.05) is 34.6 Å². The predicted octanol–water partition coefficient (Wildman–Crippen LogP) is 7.06. The van der Waals surface area contributed by atoms with E-state index in [-0.39, 0.29) is 58.5 Å². The van der Waals surface area contributed by atoms with Crippen LogP contribution in [0, 0.1) is 5.82 Å². The number of nitrogens with zero attached hydrogens (tertiary/aromatic N) is 3.